The van der Waals surface area contributed by atoms with Crippen LogP contribution in [0.1, 0.15) is 17.7 Å². The highest BCUT2D eigenvalue weighted by molar-refractivity contribution is 5.92. The van der Waals surface area contributed by atoms with Gasteiger partial charge in [-0.2, -0.15) is 0 Å². The monoisotopic (exact) mass is 360 g/mol. The highest BCUT2D eigenvalue weighted by atomic mass is 16.3. The predicted octanol–water partition coefficient (Wildman–Crippen LogP) is 4.36. The van der Waals surface area contributed by atoms with Crippen molar-refractivity contribution in [2.45, 2.75) is 19.4 Å². The number of furan rings is 1. The number of rotatable bonds is 5. The van der Waals surface area contributed by atoms with Crippen LogP contribution in [0.2, 0.25) is 0 Å². The van der Waals surface area contributed by atoms with Crippen molar-refractivity contribution in [1.82, 2.24) is 4.90 Å². The van der Waals surface area contributed by atoms with Crippen LogP contribution in [0.4, 0.5) is 5.69 Å². The first kappa shape index (κ1) is 17.6. The average molecular weight is 360 g/mol. The van der Waals surface area contributed by atoms with E-state index in [9.17, 15) is 4.79 Å². The number of nitrogens with zero attached hydrogens (tertiary/aromatic N) is 2. The number of carbonyl (C=O) groups excluding carboxylic acids is 1. The Balaban J connectivity index is 1.36. The number of para-hydroxylation sites is 1. The van der Waals surface area contributed by atoms with Crippen LogP contribution in [0.5, 0.6) is 0 Å². The summed E-state index contributed by atoms with van der Waals surface area (Å²) in [5.74, 6) is 2.16. The van der Waals surface area contributed by atoms with E-state index in [1.807, 2.05) is 55.6 Å². The minimum Gasteiger partial charge on any atom is -0.461 e. The van der Waals surface area contributed by atoms with Gasteiger partial charge in [0.15, 0.2) is 0 Å². The van der Waals surface area contributed by atoms with Gasteiger partial charge in [0.05, 0.1) is 0 Å². The molecule has 3 aromatic rings. The van der Waals surface area contributed by atoms with Crippen molar-refractivity contribution in [3.8, 4) is 11.3 Å². The van der Waals surface area contributed by atoms with Crippen molar-refractivity contribution >= 4 is 11.6 Å². The van der Waals surface area contributed by atoms with E-state index in [1.54, 1.807) is 4.90 Å². The molecular formula is C23H24N2O2. The van der Waals surface area contributed by atoms with Crippen molar-refractivity contribution in [3.05, 3.63) is 78.1 Å². The first-order valence-electron chi connectivity index (χ1n) is 9.41. The van der Waals surface area contributed by atoms with E-state index in [1.165, 1.54) is 5.56 Å². The lowest BCUT2D eigenvalue weighted by Gasteiger charge is -2.26. The number of amides is 1. The second-order valence-corrected chi connectivity index (χ2v) is 6.99. The molecule has 4 heteroatoms. The van der Waals surface area contributed by atoms with Gasteiger partial charge in [-0.25, -0.2) is 0 Å². The number of fused-ring (bicyclic) bond motifs is 1. The second-order valence-electron chi connectivity index (χ2n) is 6.99. The van der Waals surface area contributed by atoms with Crippen LogP contribution in [-0.4, -0.2) is 30.9 Å². The molecular weight excluding hydrogens is 336 g/mol. The Kier molecular flexibility index (Phi) is 5.07. The van der Waals surface area contributed by atoms with Gasteiger partial charge in [0.25, 0.3) is 0 Å². The molecule has 0 bridgehead atoms. The lowest BCUT2D eigenvalue weighted by Crippen LogP contribution is -2.35. The van der Waals surface area contributed by atoms with Gasteiger partial charge in [0, 0.05) is 56.3 Å². The molecule has 0 saturated heterocycles. The number of hydrogen-bond acceptors (Lipinski definition) is 3. The normalized spacial score (nSPS) is 14.0. The van der Waals surface area contributed by atoms with E-state index in [4.69, 9.17) is 4.42 Å². The fourth-order valence-corrected chi connectivity index (χ4v) is 3.54. The van der Waals surface area contributed by atoms with Gasteiger partial charge >= 0.3 is 0 Å². The Morgan fingerprint density at radius 3 is 2.52 bits per heavy atom. The third kappa shape index (κ3) is 3.96. The minimum atomic E-state index is 0.143. The molecule has 0 N–H and O–H groups in total. The van der Waals surface area contributed by atoms with Crippen LogP contribution in [0.15, 0.2) is 71.1 Å². The standard InChI is InChI=1S/C23H24N2O2/c1-24(20-10-6-3-7-11-20)23(26)13-15-25-14-12-21-19(17-25)16-22(27-21)18-8-4-2-5-9-18/h2-11,16H,12-15,17H2,1H3. The summed E-state index contributed by atoms with van der Waals surface area (Å²) in [4.78, 5) is 16.6. The fourth-order valence-electron chi connectivity index (χ4n) is 3.54. The molecule has 1 amide bonds. The molecule has 1 aliphatic heterocycles. The van der Waals surface area contributed by atoms with Gasteiger partial charge in [-0.1, -0.05) is 48.5 Å². The number of hydrogen-bond donors (Lipinski definition) is 0. The predicted molar refractivity (Wildman–Crippen MR) is 108 cm³/mol. The number of anilines is 1. The average Bonchev–Trinajstić information content (AvgIpc) is 3.16. The Hall–Kier alpha value is -2.85. The van der Waals surface area contributed by atoms with Crippen LogP contribution < -0.4 is 4.90 Å². The van der Waals surface area contributed by atoms with E-state index in [0.29, 0.717) is 6.42 Å². The third-order valence-electron chi connectivity index (χ3n) is 5.16. The first-order chi connectivity index (χ1) is 13.2. The molecule has 4 rings (SSSR count). The van der Waals surface area contributed by atoms with Gasteiger partial charge in [-0.05, 0) is 18.2 Å². The number of benzene rings is 2. The SMILES string of the molecule is CN(C(=O)CCN1CCc2oc(-c3ccccc3)cc2C1)c1ccccc1. The van der Waals surface area contributed by atoms with Gasteiger partial charge in [0.1, 0.15) is 11.5 Å². The summed E-state index contributed by atoms with van der Waals surface area (Å²) in [5.41, 5.74) is 3.29. The Labute approximate surface area is 160 Å². The van der Waals surface area contributed by atoms with Crippen LogP contribution in [-0.2, 0) is 17.8 Å². The smallest absolute Gasteiger partial charge is 0.228 e. The van der Waals surface area contributed by atoms with E-state index >= 15 is 0 Å². The van der Waals surface area contributed by atoms with Crippen LogP contribution >= 0.6 is 0 Å². The van der Waals surface area contributed by atoms with Crippen molar-refractivity contribution in [1.29, 1.82) is 0 Å². The van der Waals surface area contributed by atoms with Crippen molar-refractivity contribution in [2.75, 3.05) is 25.0 Å². The maximum atomic E-state index is 12.5. The van der Waals surface area contributed by atoms with Crippen molar-refractivity contribution in [3.63, 3.8) is 0 Å². The van der Waals surface area contributed by atoms with Crippen LogP contribution in [0.3, 0.4) is 0 Å². The summed E-state index contributed by atoms with van der Waals surface area (Å²) in [7, 11) is 1.84. The number of carbonyl (C=O) groups is 1. The first-order valence-corrected chi connectivity index (χ1v) is 9.41. The molecule has 1 aromatic heterocycles. The minimum absolute atomic E-state index is 0.143. The van der Waals surface area contributed by atoms with Crippen LogP contribution in [0.25, 0.3) is 11.3 Å². The molecule has 0 atom stereocenters. The molecule has 138 valence electrons. The topological polar surface area (TPSA) is 36.7 Å². The van der Waals surface area contributed by atoms with E-state index < -0.39 is 0 Å². The lowest BCUT2D eigenvalue weighted by atomic mass is 10.1. The highest BCUT2D eigenvalue weighted by Crippen LogP contribution is 2.29. The third-order valence-corrected chi connectivity index (χ3v) is 5.16. The van der Waals surface area contributed by atoms with Crippen molar-refractivity contribution in [2.24, 2.45) is 0 Å². The molecule has 1 aliphatic rings. The van der Waals surface area contributed by atoms with Crippen LogP contribution in [0, 0.1) is 0 Å². The lowest BCUT2D eigenvalue weighted by molar-refractivity contribution is -0.118. The Morgan fingerprint density at radius 1 is 1.07 bits per heavy atom. The summed E-state index contributed by atoms with van der Waals surface area (Å²) < 4.78 is 6.06. The second kappa shape index (κ2) is 7.80. The highest BCUT2D eigenvalue weighted by Gasteiger charge is 2.22. The zero-order valence-corrected chi connectivity index (χ0v) is 15.6. The van der Waals surface area contributed by atoms with Gasteiger partial charge in [0.2, 0.25) is 5.91 Å². The maximum absolute atomic E-state index is 12.5. The quantitative estimate of drug-likeness (QED) is 0.678. The molecule has 2 heterocycles. The molecule has 0 saturated carbocycles. The molecule has 0 aliphatic carbocycles. The molecule has 4 nitrogen and oxygen atoms in total. The zero-order chi connectivity index (χ0) is 18.6. The maximum Gasteiger partial charge on any atom is 0.228 e. The molecule has 2 aromatic carbocycles. The summed E-state index contributed by atoms with van der Waals surface area (Å²) in [6.45, 7) is 2.53. The van der Waals surface area contributed by atoms with E-state index in [2.05, 4.69) is 23.1 Å². The Morgan fingerprint density at radius 2 is 1.78 bits per heavy atom. The Bertz CT molecular complexity index is 903. The van der Waals surface area contributed by atoms with E-state index in [0.717, 1.165) is 48.8 Å². The molecule has 0 unspecified atom stereocenters. The van der Waals surface area contributed by atoms with Gasteiger partial charge in [-0.3, -0.25) is 9.69 Å². The van der Waals surface area contributed by atoms with Gasteiger partial charge < -0.3 is 9.32 Å². The zero-order valence-electron chi connectivity index (χ0n) is 15.6. The summed E-state index contributed by atoms with van der Waals surface area (Å²) in [6.07, 6.45) is 1.41. The molecule has 0 radical (unpaired) electrons. The fraction of sp³-hybridized carbons (Fsp3) is 0.261. The van der Waals surface area contributed by atoms with E-state index in [-0.39, 0.29) is 5.91 Å². The van der Waals surface area contributed by atoms with Crippen molar-refractivity contribution < 1.29 is 9.21 Å². The summed E-state index contributed by atoms with van der Waals surface area (Å²) in [6, 6.07) is 22.1. The summed E-state index contributed by atoms with van der Waals surface area (Å²) in [5, 5.41) is 0. The molecule has 0 fully saturated rings. The summed E-state index contributed by atoms with van der Waals surface area (Å²) >= 11 is 0. The molecule has 27 heavy (non-hydrogen) atoms. The molecule has 0 spiro atoms. The van der Waals surface area contributed by atoms with Gasteiger partial charge in [-0.15, -0.1) is 0 Å². The largest absolute Gasteiger partial charge is 0.461 e.